The van der Waals surface area contributed by atoms with Crippen molar-refractivity contribution >= 4 is 18.1 Å². The SMILES string of the molecule is Cn1ncc(Cl)c1-c1coc(COC=O)c1. The van der Waals surface area contributed by atoms with Crippen molar-refractivity contribution in [3.63, 3.8) is 0 Å². The van der Waals surface area contributed by atoms with Gasteiger partial charge >= 0.3 is 0 Å². The van der Waals surface area contributed by atoms with Gasteiger partial charge in [0.1, 0.15) is 18.6 Å². The van der Waals surface area contributed by atoms with E-state index in [1.165, 1.54) is 0 Å². The minimum absolute atomic E-state index is 0.110. The minimum atomic E-state index is 0.110. The van der Waals surface area contributed by atoms with Crippen LogP contribution in [0.1, 0.15) is 5.76 Å². The number of ether oxygens (including phenoxy) is 1. The van der Waals surface area contributed by atoms with Crippen molar-refractivity contribution in [3.8, 4) is 11.3 Å². The zero-order chi connectivity index (χ0) is 11.5. The maximum absolute atomic E-state index is 10.0. The summed E-state index contributed by atoms with van der Waals surface area (Å²) in [4.78, 5) is 10.0. The molecule has 0 amide bonds. The summed E-state index contributed by atoms with van der Waals surface area (Å²) < 4.78 is 11.4. The van der Waals surface area contributed by atoms with E-state index in [2.05, 4.69) is 9.84 Å². The first-order chi connectivity index (χ1) is 7.72. The number of hydrogen-bond acceptors (Lipinski definition) is 4. The van der Waals surface area contributed by atoms with Crippen molar-refractivity contribution in [2.45, 2.75) is 6.61 Å². The molecule has 2 aromatic rings. The van der Waals surface area contributed by atoms with Gasteiger partial charge in [-0.1, -0.05) is 11.6 Å². The van der Waals surface area contributed by atoms with E-state index in [0.29, 0.717) is 17.3 Å². The van der Waals surface area contributed by atoms with Gasteiger partial charge in [-0.05, 0) is 6.07 Å². The molecule has 0 aliphatic heterocycles. The zero-order valence-electron chi connectivity index (χ0n) is 8.51. The van der Waals surface area contributed by atoms with Crippen molar-refractivity contribution in [1.29, 1.82) is 0 Å². The third-order valence-electron chi connectivity index (χ3n) is 2.11. The number of furan rings is 1. The molecule has 0 aromatic carbocycles. The fraction of sp³-hybridized carbons (Fsp3) is 0.200. The number of aromatic nitrogens is 2. The van der Waals surface area contributed by atoms with Crippen LogP contribution in [0.3, 0.4) is 0 Å². The summed E-state index contributed by atoms with van der Waals surface area (Å²) in [5.41, 5.74) is 1.57. The van der Waals surface area contributed by atoms with Gasteiger partial charge in [0.2, 0.25) is 0 Å². The van der Waals surface area contributed by atoms with Crippen molar-refractivity contribution in [3.05, 3.63) is 29.3 Å². The second-order valence-electron chi connectivity index (χ2n) is 3.17. The lowest BCUT2D eigenvalue weighted by Gasteiger charge is -1.97. The highest BCUT2D eigenvalue weighted by Gasteiger charge is 2.12. The largest absolute Gasteiger partial charge is 0.465 e. The number of carbonyl (C=O) groups is 1. The van der Waals surface area contributed by atoms with Crippen LogP contribution in [-0.2, 0) is 23.2 Å². The number of nitrogens with zero attached hydrogens (tertiary/aromatic N) is 2. The Balaban J connectivity index is 2.28. The Labute approximate surface area is 96.6 Å². The molecule has 2 aromatic heterocycles. The predicted molar refractivity (Wildman–Crippen MR) is 56.8 cm³/mol. The number of hydrogen-bond donors (Lipinski definition) is 0. The van der Waals surface area contributed by atoms with Gasteiger partial charge in [0.05, 0.1) is 16.9 Å². The summed E-state index contributed by atoms with van der Waals surface area (Å²) in [6.45, 7) is 0.484. The van der Waals surface area contributed by atoms with Gasteiger partial charge in [0.15, 0.2) is 0 Å². The van der Waals surface area contributed by atoms with E-state index >= 15 is 0 Å². The number of aryl methyl sites for hydroxylation is 1. The number of halogens is 1. The summed E-state index contributed by atoms with van der Waals surface area (Å²) in [6, 6.07) is 1.76. The molecule has 0 aliphatic carbocycles. The van der Waals surface area contributed by atoms with E-state index in [0.717, 1.165) is 11.3 Å². The Kier molecular flexibility index (Phi) is 2.96. The zero-order valence-corrected chi connectivity index (χ0v) is 9.27. The second-order valence-corrected chi connectivity index (χ2v) is 3.58. The number of carbonyl (C=O) groups excluding carboxylic acids is 1. The smallest absolute Gasteiger partial charge is 0.293 e. The maximum atomic E-state index is 10.0. The Morgan fingerprint density at radius 1 is 1.69 bits per heavy atom. The summed E-state index contributed by atoms with van der Waals surface area (Å²) >= 11 is 5.98. The first kappa shape index (κ1) is 10.8. The molecule has 0 radical (unpaired) electrons. The van der Waals surface area contributed by atoms with Crippen LogP contribution in [0.4, 0.5) is 0 Å². The molecule has 2 heterocycles. The molecule has 0 spiro atoms. The topological polar surface area (TPSA) is 57.3 Å². The van der Waals surface area contributed by atoms with Crippen LogP contribution in [-0.4, -0.2) is 16.3 Å². The predicted octanol–water partition coefficient (Wildman–Crippen LogP) is 2.01. The van der Waals surface area contributed by atoms with E-state index in [4.69, 9.17) is 16.0 Å². The normalized spacial score (nSPS) is 10.4. The van der Waals surface area contributed by atoms with Crippen LogP contribution in [0, 0.1) is 0 Å². The molecule has 0 N–H and O–H groups in total. The molecule has 0 aliphatic rings. The fourth-order valence-corrected chi connectivity index (χ4v) is 1.71. The summed E-state index contributed by atoms with van der Waals surface area (Å²) in [5, 5.41) is 4.57. The van der Waals surface area contributed by atoms with Crippen molar-refractivity contribution < 1.29 is 13.9 Å². The molecule has 2 rings (SSSR count). The Morgan fingerprint density at radius 3 is 3.12 bits per heavy atom. The lowest BCUT2D eigenvalue weighted by molar-refractivity contribution is -0.130. The van der Waals surface area contributed by atoms with Gasteiger partial charge in [-0.25, -0.2) is 0 Å². The van der Waals surface area contributed by atoms with Gasteiger partial charge in [-0.15, -0.1) is 0 Å². The molecule has 5 nitrogen and oxygen atoms in total. The first-order valence-corrected chi connectivity index (χ1v) is 4.90. The highest BCUT2D eigenvalue weighted by atomic mass is 35.5. The highest BCUT2D eigenvalue weighted by molar-refractivity contribution is 6.33. The molecule has 16 heavy (non-hydrogen) atoms. The molecule has 0 fully saturated rings. The molecular formula is C10H9ClN2O3. The molecule has 0 saturated carbocycles. The minimum Gasteiger partial charge on any atom is -0.465 e. The summed E-state index contributed by atoms with van der Waals surface area (Å²) in [6.07, 6.45) is 3.11. The lowest BCUT2D eigenvalue weighted by atomic mass is 10.2. The lowest BCUT2D eigenvalue weighted by Crippen LogP contribution is -1.92. The van der Waals surface area contributed by atoms with Gasteiger partial charge in [0, 0.05) is 12.6 Å². The highest BCUT2D eigenvalue weighted by Crippen LogP contribution is 2.28. The maximum Gasteiger partial charge on any atom is 0.293 e. The Morgan fingerprint density at radius 2 is 2.50 bits per heavy atom. The van der Waals surface area contributed by atoms with Crippen LogP contribution in [0.25, 0.3) is 11.3 Å². The first-order valence-electron chi connectivity index (χ1n) is 4.53. The molecular weight excluding hydrogens is 232 g/mol. The number of rotatable bonds is 4. The van der Waals surface area contributed by atoms with Crippen LogP contribution in [0.15, 0.2) is 22.9 Å². The van der Waals surface area contributed by atoms with E-state index < -0.39 is 0 Å². The van der Waals surface area contributed by atoms with E-state index in [-0.39, 0.29) is 6.61 Å². The molecule has 0 bridgehead atoms. The van der Waals surface area contributed by atoms with Crippen molar-refractivity contribution in [1.82, 2.24) is 9.78 Å². The summed E-state index contributed by atoms with van der Waals surface area (Å²) in [7, 11) is 1.79. The average molecular weight is 241 g/mol. The van der Waals surface area contributed by atoms with Gasteiger partial charge in [-0.2, -0.15) is 5.10 Å². The summed E-state index contributed by atoms with van der Waals surface area (Å²) in [5.74, 6) is 0.555. The third kappa shape index (κ3) is 1.94. The van der Waals surface area contributed by atoms with Crippen molar-refractivity contribution in [2.75, 3.05) is 0 Å². The molecule has 0 atom stereocenters. The molecule has 84 valence electrons. The van der Waals surface area contributed by atoms with Crippen LogP contribution < -0.4 is 0 Å². The van der Waals surface area contributed by atoms with Crippen LogP contribution >= 0.6 is 11.6 Å². The van der Waals surface area contributed by atoms with Gasteiger partial charge < -0.3 is 9.15 Å². The average Bonchev–Trinajstić information content (AvgIpc) is 2.83. The Hall–Kier alpha value is -1.75. The molecule has 0 saturated heterocycles. The van der Waals surface area contributed by atoms with E-state index in [1.807, 2.05) is 0 Å². The van der Waals surface area contributed by atoms with Gasteiger partial charge in [0.25, 0.3) is 6.47 Å². The molecule has 0 unspecified atom stereocenters. The molecule has 6 heteroatoms. The fourth-order valence-electron chi connectivity index (χ4n) is 1.43. The standard InChI is InChI=1S/C10H9ClN2O3/c1-13-10(9(11)3-12-13)7-2-8(16-4-7)5-15-6-14/h2-4,6H,5H2,1H3. The third-order valence-corrected chi connectivity index (χ3v) is 2.39. The quantitative estimate of drug-likeness (QED) is 0.767. The van der Waals surface area contributed by atoms with E-state index in [1.54, 1.807) is 30.3 Å². The monoisotopic (exact) mass is 240 g/mol. The second kappa shape index (κ2) is 4.40. The van der Waals surface area contributed by atoms with Crippen LogP contribution in [0.5, 0.6) is 0 Å². The Bertz CT molecular complexity index is 484. The van der Waals surface area contributed by atoms with E-state index in [9.17, 15) is 4.79 Å². The van der Waals surface area contributed by atoms with Gasteiger partial charge in [-0.3, -0.25) is 9.48 Å². The van der Waals surface area contributed by atoms with Crippen molar-refractivity contribution in [2.24, 2.45) is 7.05 Å². The van der Waals surface area contributed by atoms with Crippen LogP contribution in [0.2, 0.25) is 5.02 Å².